The predicted molar refractivity (Wildman–Crippen MR) is 118 cm³/mol. The smallest absolute Gasteiger partial charge is 0.381 e. The maximum Gasteiger partial charge on any atom is 0.381 e. The van der Waals surface area contributed by atoms with Gasteiger partial charge in [-0.3, -0.25) is 9.59 Å². The first-order valence-electron chi connectivity index (χ1n) is 12.5. The summed E-state index contributed by atoms with van der Waals surface area (Å²) in [5, 5.41) is 0. The summed E-state index contributed by atoms with van der Waals surface area (Å²) in [4.78, 5) is 26.1. The van der Waals surface area contributed by atoms with Crippen LogP contribution in [0, 0.1) is 40.9 Å². The van der Waals surface area contributed by atoms with Gasteiger partial charge in [-0.1, -0.05) is 41.5 Å². The van der Waals surface area contributed by atoms with Crippen molar-refractivity contribution in [2.75, 3.05) is 6.61 Å². The van der Waals surface area contributed by atoms with E-state index in [1.807, 2.05) is 41.5 Å². The number of esters is 2. The molecule has 6 atom stereocenters. The molecule has 2 aliphatic rings. The third kappa shape index (κ3) is 5.87. The van der Waals surface area contributed by atoms with E-state index in [-0.39, 0.29) is 36.0 Å². The molecule has 0 radical (unpaired) electrons. The van der Waals surface area contributed by atoms with Crippen LogP contribution in [-0.4, -0.2) is 48.8 Å². The van der Waals surface area contributed by atoms with Crippen molar-refractivity contribution in [3.8, 4) is 0 Å². The van der Waals surface area contributed by atoms with Crippen LogP contribution in [0.25, 0.3) is 0 Å². The second-order valence-corrected chi connectivity index (χ2v) is 11.5. The number of ether oxygens (including phenoxy) is 2. The van der Waals surface area contributed by atoms with Gasteiger partial charge in [0.1, 0.15) is 6.10 Å². The number of fused-ring (bicyclic) bond motifs is 2. The van der Waals surface area contributed by atoms with Crippen LogP contribution in [0.5, 0.6) is 0 Å². The van der Waals surface area contributed by atoms with Crippen molar-refractivity contribution < 1.29 is 54.2 Å². The van der Waals surface area contributed by atoms with Gasteiger partial charge in [-0.15, -0.1) is 0 Å². The van der Waals surface area contributed by atoms with E-state index in [0.29, 0.717) is 12.8 Å². The van der Waals surface area contributed by atoms with E-state index in [9.17, 15) is 44.7 Å². The highest BCUT2D eigenvalue weighted by atomic mass is 19.4. The summed E-state index contributed by atoms with van der Waals surface area (Å²) in [5.41, 5.74) is -1.68. The molecule has 2 saturated carbocycles. The molecule has 12 heteroatoms. The second kappa shape index (κ2) is 10.9. The molecule has 4 nitrogen and oxygen atoms in total. The number of rotatable bonds is 12. The first kappa shape index (κ1) is 31.6. The van der Waals surface area contributed by atoms with E-state index in [1.54, 1.807) is 0 Å². The Bertz CT molecular complexity index is 830. The van der Waals surface area contributed by atoms with Gasteiger partial charge in [0, 0.05) is 0 Å². The SMILES string of the molecule is CC(C)CC(OC(=O)CC1(C(=O)OCC(F)(F)C(F)(F)C(F)(F)C(F)F)CC2CC1C(C)C2C)C(C)C. The Hall–Kier alpha value is -1.62. The summed E-state index contributed by atoms with van der Waals surface area (Å²) in [6, 6.07) is 0. The standard InChI is InChI=1S/C25H36F8O4/c1-12(2)7-18(13(3)4)37-19(34)10-22(9-16-8-17(22)15(6)14(16)5)21(35)36-11-23(28,29)25(32,33)24(30,31)20(26)27/h12-18,20H,7-11H2,1-6H3. The summed E-state index contributed by atoms with van der Waals surface area (Å²) in [6.45, 7) is 8.72. The van der Waals surface area contributed by atoms with Gasteiger partial charge in [0.15, 0.2) is 6.61 Å². The van der Waals surface area contributed by atoms with Crippen molar-refractivity contribution >= 4 is 11.9 Å². The minimum atomic E-state index is -6.49. The monoisotopic (exact) mass is 552 g/mol. The Labute approximate surface area is 211 Å². The number of carbonyl (C=O) groups is 2. The molecule has 0 spiro atoms. The highest BCUT2D eigenvalue weighted by molar-refractivity contribution is 5.84. The van der Waals surface area contributed by atoms with Gasteiger partial charge in [-0.05, 0) is 54.8 Å². The molecule has 0 aromatic heterocycles. The van der Waals surface area contributed by atoms with Crippen molar-refractivity contribution in [3.63, 3.8) is 0 Å². The van der Waals surface area contributed by atoms with E-state index < -0.39 is 66.6 Å². The number of hydrogen-bond acceptors (Lipinski definition) is 4. The van der Waals surface area contributed by atoms with E-state index in [1.165, 1.54) is 0 Å². The molecule has 0 N–H and O–H groups in total. The molecule has 0 aromatic carbocycles. The van der Waals surface area contributed by atoms with Crippen LogP contribution in [0.4, 0.5) is 35.1 Å². The number of carbonyl (C=O) groups excluding carboxylic acids is 2. The Morgan fingerprint density at radius 1 is 0.973 bits per heavy atom. The predicted octanol–water partition coefficient (Wildman–Crippen LogP) is 7.00. The Morgan fingerprint density at radius 2 is 1.54 bits per heavy atom. The molecule has 37 heavy (non-hydrogen) atoms. The third-order valence-corrected chi connectivity index (χ3v) is 8.23. The maximum absolute atomic E-state index is 14.1. The van der Waals surface area contributed by atoms with Crippen molar-refractivity contribution in [2.45, 2.75) is 97.5 Å². The van der Waals surface area contributed by atoms with E-state index in [4.69, 9.17) is 4.74 Å². The molecule has 0 heterocycles. The fourth-order valence-electron chi connectivity index (χ4n) is 5.84. The van der Waals surface area contributed by atoms with E-state index in [2.05, 4.69) is 4.74 Å². The summed E-state index contributed by atoms with van der Waals surface area (Å²) in [7, 11) is 0. The quantitative estimate of drug-likeness (QED) is 0.193. The summed E-state index contributed by atoms with van der Waals surface area (Å²) in [5.74, 6) is -21.4. The third-order valence-electron chi connectivity index (χ3n) is 8.23. The van der Waals surface area contributed by atoms with Crippen LogP contribution < -0.4 is 0 Å². The normalized spacial score (nSPS) is 29.3. The minimum absolute atomic E-state index is 0.0444. The summed E-state index contributed by atoms with van der Waals surface area (Å²) >= 11 is 0. The molecule has 0 aromatic rings. The molecule has 2 bridgehead atoms. The summed E-state index contributed by atoms with van der Waals surface area (Å²) in [6.07, 6.45) is -5.09. The lowest BCUT2D eigenvalue weighted by atomic mass is 9.64. The second-order valence-electron chi connectivity index (χ2n) is 11.5. The Balaban J connectivity index is 2.28. The zero-order valence-electron chi connectivity index (χ0n) is 21.8. The Kier molecular flexibility index (Phi) is 9.28. The maximum atomic E-state index is 14.1. The fraction of sp³-hybridized carbons (Fsp3) is 0.920. The lowest BCUT2D eigenvalue weighted by molar-refractivity contribution is -0.344. The molecule has 0 aliphatic heterocycles. The van der Waals surface area contributed by atoms with Gasteiger partial charge in [0.05, 0.1) is 11.8 Å². The number of halogens is 8. The number of hydrogen-bond donors (Lipinski definition) is 0. The highest BCUT2D eigenvalue weighted by Crippen LogP contribution is 2.63. The van der Waals surface area contributed by atoms with Gasteiger partial charge in [0.25, 0.3) is 0 Å². The van der Waals surface area contributed by atoms with Crippen LogP contribution >= 0.6 is 0 Å². The molecule has 0 saturated heterocycles. The van der Waals surface area contributed by atoms with E-state index in [0.717, 1.165) is 0 Å². The van der Waals surface area contributed by atoms with Crippen LogP contribution in [0.1, 0.15) is 67.2 Å². The van der Waals surface area contributed by atoms with Crippen molar-refractivity contribution in [1.29, 1.82) is 0 Å². The fourth-order valence-corrected chi connectivity index (χ4v) is 5.84. The molecular formula is C25H36F8O4. The largest absolute Gasteiger partial charge is 0.462 e. The topological polar surface area (TPSA) is 52.6 Å². The van der Waals surface area contributed by atoms with Crippen molar-refractivity contribution in [1.82, 2.24) is 0 Å². The van der Waals surface area contributed by atoms with Gasteiger partial charge in [0.2, 0.25) is 0 Å². The van der Waals surface area contributed by atoms with E-state index >= 15 is 0 Å². The minimum Gasteiger partial charge on any atom is -0.462 e. The molecule has 2 rings (SSSR count). The van der Waals surface area contributed by atoms with Gasteiger partial charge >= 0.3 is 36.1 Å². The van der Waals surface area contributed by atoms with Crippen LogP contribution in [0.15, 0.2) is 0 Å². The van der Waals surface area contributed by atoms with Gasteiger partial charge in [-0.25, -0.2) is 8.78 Å². The van der Waals surface area contributed by atoms with Crippen LogP contribution in [0.2, 0.25) is 0 Å². The summed E-state index contributed by atoms with van der Waals surface area (Å²) < 4.78 is 117. The molecule has 216 valence electrons. The number of alkyl halides is 8. The lowest BCUT2D eigenvalue weighted by Gasteiger charge is -2.41. The molecular weight excluding hydrogens is 516 g/mol. The first-order valence-corrected chi connectivity index (χ1v) is 12.5. The van der Waals surface area contributed by atoms with Crippen LogP contribution in [0.3, 0.4) is 0 Å². The van der Waals surface area contributed by atoms with Crippen LogP contribution in [-0.2, 0) is 19.1 Å². The Morgan fingerprint density at radius 3 is 1.97 bits per heavy atom. The average molecular weight is 553 g/mol. The average Bonchev–Trinajstić information content (AvgIpc) is 3.27. The van der Waals surface area contributed by atoms with Gasteiger partial charge in [-0.2, -0.15) is 26.3 Å². The van der Waals surface area contributed by atoms with Gasteiger partial charge < -0.3 is 9.47 Å². The zero-order chi connectivity index (χ0) is 28.7. The molecule has 0 amide bonds. The zero-order valence-corrected chi connectivity index (χ0v) is 21.8. The first-order chi connectivity index (χ1) is 16.7. The highest BCUT2D eigenvalue weighted by Gasteiger charge is 2.76. The molecule has 6 unspecified atom stereocenters. The molecule has 2 aliphatic carbocycles. The molecule has 2 fully saturated rings. The van der Waals surface area contributed by atoms with Crippen molar-refractivity contribution in [2.24, 2.45) is 40.9 Å². The van der Waals surface area contributed by atoms with Crippen molar-refractivity contribution in [3.05, 3.63) is 0 Å². The lowest BCUT2D eigenvalue weighted by Crippen LogP contribution is -2.59.